The van der Waals surface area contributed by atoms with E-state index in [1.54, 1.807) is 7.11 Å². The van der Waals surface area contributed by atoms with Gasteiger partial charge in [0, 0.05) is 6.54 Å². The maximum absolute atomic E-state index is 12.1. The average Bonchev–Trinajstić information content (AvgIpc) is 2.46. The first-order chi connectivity index (χ1) is 10.4. The molecule has 0 bridgehead atoms. The van der Waals surface area contributed by atoms with Gasteiger partial charge in [-0.15, -0.1) is 0 Å². The Hall–Kier alpha value is -2.24. The van der Waals surface area contributed by atoms with Gasteiger partial charge in [-0.05, 0) is 36.5 Å². The zero-order valence-electron chi connectivity index (χ0n) is 13.4. The fourth-order valence-corrected chi connectivity index (χ4v) is 2.12. The molecule has 22 heavy (non-hydrogen) atoms. The monoisotopic (exact) mass is 307 g/mol. The van der Waals surface area contributed by atoms with Crippen LogP contribution in [-0.4, -0.2) is 31.6 Å². The highest BCUT2D eigenvalue weighted by molar-refractivity contribution is 5.86. The minimum absolute atomic E-state index is 0.207. The van der Waals surface area contributed by atoms with Gasteiger partial charge in [0.05, 0.1) is 7.11 Å². The van der Waals surface area contributed by atoms with E-state index < -0.39 is 12.1 Å². The van der Waals surface area contributed by atoms with Gasteiger partial charge in [0.25, 0.3) is 0 Å². The first-order valence-corrected chi connectivity index (χ1v) is 7.39. The Morgan fingerprint density at radius 1 is 1.23 bits per heavy atom. The van der Waals surface area contributed by atoms with Gasteiger partial charge in [0.15, 0.2) is 0 Å². The van der Waals surface area contributed by atoms with Gasteiger partial charge in [-0.1, -0.05) is 26.0 Å². The Bertz CT molecular complexity index is 486. The molecular weight excluding hydrogens is 282 g/mol. The molecule has 1 aromatic rings. The Balaban J connectivity index is 2.45. The normalized spacial score (nSPS) is 11.8. The van der Waals surface area contributed by atoms with Gasteiger partial charge < -0.3 is 21.1 Å². The number of nitrogens with two attached hydrogens (primary N) is 1. The van der Waals surface area contributed by atoms with E-state index in [1.807, 2.05) is 38.1 Å². The van der Waals surface area contributed by atoms with Crippen molar-refractivity contribution in [1.82, 2.24) is 10.6 Å². The molecule has 1 aromatic carbocycles. The molecule has 122 valence electrons. The second-order valence-electron chi connectivity index (χ2n) is 5.58. The highest BCUT2D eigenvalue weighted by Crippen LogP contribution is 2.11. The number of hydrogen-bond acceptors (Lipinski definition) is 3. The average molecular weight is 307 g/mol. The van der Waals surface area contributed by atoms with Crippen molar-refractivity contribution in [3.63, 3.8) is 0 Å². The predicted octanol–water partition coefficient (Wildman–Crippen LogP) is 1.44. The minimum atomic E-state index is -0.684. The molecule has 0 aromatic heterocycles. The summed E-state index contributed by atoms with van der Waals surface area (Å²) in [7, 11) is 1.62. The standard InChI is InChI=1S/C16H25N3O3/c1-11(2)10-14(19-16(17)21)15(20)18-9-8-12-4-6-13(22-3)7-5-12/h4-7,11,14H,8-10H2,1-3H3,(H,18,20)(H3,17,19,21)/t14-/m1/s1. The number of urea groups is 1. The van der Waals surface area contributed by atoms with E-state index in [9.17, 15) is 9.59 Å². The molecule has 6 nitrogen and oxygen atoms in total. The van der Waals surface area contributed by atoms with Crippen LogP contribution in [0.25, 0.3) is 0 Å². The summed E-state index contributed by atoms with van der Waals surface area (Å²) >= 11 is 0. The van der Waals surface area contributed by atoms with Crippen molar-refractivity contribution in [2.24, 2.45) is 11.7 Å². The molecule has 6 heteroatoms. The molecule has 4 N–H and O–H groups in total. The minimum Gasteiger partial charge on any atom is -0.497 e. The Morgan fingerprint density at radius 3 is 2.36 bits per heavy atom. The fourth-order valence-electron chi connectivity index (χ4n) is 2.12. The third-order valence-electron chi connectivity index (χ3n) is 3.21. The van der Waals surface area contributed by atoms with E-state index in [0.29, 0.717) is 19.4 Å². The molecule has 0 saturated heterocycles. The number of nitrogens with one attached hydrogen (secondary N) is 2. The second kappa shape index (κ2) is 8.92. The number of rotatable bonds is 8. The van der Waals surface area contributed by atoms with Crippen molar-refractivity contribution in [3.05, 3.63) is 29.8 Å². The summed E-state index contributed by atoms with van der Waals surface area (Å²) in [6.45, 7) is 4.47. The third kappa shape index (κ3) is 6.47. The van der Waals surface area contributed by atoms with E-state index in [4.69, 9.17) is 10.5 Å². The lowest BCUT2D eigenvalue weighted by molar-refractivity contribution is -0.123. The van der Waals surface area contributed by atoms with E-state index in [1.165, 1.54) is 0 Å². The molecule has 0 aliphatic rings. The number of primary amides is 1. The number of carbonyl (C=O) groups is 2. The number of amides is 3. The molecule has 0 fully saturated rings. The summed E-state index contributed by atoms with van der Waals surface area (Å²) in [6, 6.07) is 6.40. The first kappa shape index (κ1) is 17.8. The summed E-state index contributed by atoms with van der Waals surface area (Å²) < 4.78 is 5.10. The summed E-state index contributed by atoms with van der Waals surface area (Å²) in [5.41, 5.74) is 6.21. The number of benzene rings is 1. The van der Waals surface area contributed by atoms with Crippen LogP contribution in [0, 0.1) is 5.92 Å². The Morgan fingerprint density at radius 2 is 1.86 bits per heavy atom. The fraction of sp³-hybridized carbons (Fsp3) is 0.500. The van der Waals surface area contributed by atoms with Gasteiger partial charge in [0.2, 0.25) is 5.91 Å². The number of ether oxygens (including phenoxy) is 1. The van der Waals surface area contributed by atoms with Crippen LogP contribution in [0.4, 0.5) is 4.79 Å². The van der Waals surface area contributed by atoms with Crippen LogP contribution in [0.3, 0.4) is 0 Å². The van der Waals surface area contributed by atoms with Crippen LogP contribution in [0.15, 0.2) is 24.3 Å². The topological polar surface area (TPSA) is 93.4 Å². The largest absolute Gasteiger partial charge is 0.497 e. The van der Waals surface area contributed by atoms with Gasteiger partial charge in [0.1, 0.15) is 11.8 Å². The molecule has 0 spiro atoms. The maximum atomic E-state index is 12.1. The van der Waals surface area contributed by atoms with Crippen molar-refractivity contribution in [1.29, 1.82) is 0 Å². The van der Waals surface area contributed by atoms with Gasteiger partial charge in [-0.3, -0.25) is 4.79 Å². The highest BCUT2D eigenvalue weighted by Gasteiger charge is 2.20. The summed E-state index contributed by atoms with van der Waals surface area (Å²) in [5.74, 6) is 0.876. The molecule has 1 atom stereocenters. The summed E-state index contributed by atoms with van der Waals surface area (Å²) in [6.07, 6.45) is 1.26. The van der Waals surface area contributed by atoms with Crippen molar-refractivity contribution in [2.45, 2.75) is 32.7 Å². The zero-order chi connectivity index (χ0) is 16.5. The smallest absolute Gasteiger partial charge is 0.312 e. The molecule has 0 unspecified atom stereocenters. The molecule has 3 amide bonds. The van der Waals surface area contributed by atoms with E-state index >= 15 is 0 Å². The third-order valence-corrected chi connectivity index (χ3v) is 3.21. The first-order valence-electron chi connectivity index (χ1n) is 7.39. The molecule has 0 radical (unpaired) electrons. The van der Waals surface area contributed by atoms with Crippen molar-refractivity contribution in [3.8, 4) is 5.75 Å². The van der Waals surface area contributed by atoms with Crippen LogP contribution in [-0.2, 0) is 11.2 Å². The Kier molecular flexibility index (Phi) is 7.22. The molecule has 0 aliphatic carbocycles. The molecule has 1 rings (SSSR count). The van der Waals surface area contributed by atoms with Crippen molar-refractivity contribution >= 4 is 11.9 Å². The summed E-state index contributed by atoms with van der Waals surface area (Å²) in [4.78, 5) is 23.1. The van der Waals surface area contributed by atoms with Crippen molar-refractivity contribution < 1.29 is 14.3 Å². The van der Waals surface area contributed by atoms with Crippen LogP contribution in [0.2, 0.25) is 0 Å². The molecule has 0 heterocycles. The number of methoxy groups -OCH3 is 1. The van der Waals surface area contributed by atoms with Crippen LogP contribution in [0.1, 0.15) is 25.8 Å². The SMILES string of the molecule is COc1ccc(CCNC(=O)[C@@H](CC(C)C)NC(N)=O)cc1. The summed E-state index contributed by atoms with van der Waals surface area (Å²) in [5, 5.41) is 5.32. The van der Waals surface area contributed by atoms with Gasteiger partial charge in [-0.2, -0.15) is 0 Å². The van der Waals surface area contributed by atoms with Crippen molar-refractivity contribution in [2.75, 3.05) is 13.7 Å². The lowest BCUT2D eigenvalue weighted by Crippen LogP contribution is -2.49. The molecule has 0 aliphatic heterocycles. The lowest BCUT2D eigenvalue weighted by atomic mass is 10.0. The van der Waals surface area contributed by atoms with Gasteiger partial charge in [-0.25, -0.2) is 4.79 Å². The quantitative estimate of drug-likeness (QED) is 0.678. The number of hydrogen-bond donors (Lipinski definition) is 3. The molecular formula is C16H25N3O3. The number of carbonyl (C=O) groups excluding carboxylic acids is 2. The zero-order valence-corrected chi connectivity index (χ0v) is 13.4. The predicted molar refractivity (Wildman–Crippen MR) is 85.7 cm³/mol. The Labute approximate surface area is 131 Å². The molecule has 0 saturated carbocycles. The van der Waals surface area contributed by atoms with Crippen LogP contribution in [0.5, 0.6) is 5.75 Å². The van der Waals surface area contributed by atoms with Crippen LogP contribution >= 0.6 is 0 Å². The maximum Gasteiger partial charge on any atom is 0.312 e. The van der Waals surface area contributed by atoms with E-state index in [2.05, 4.69) is 10.6 Å². The highest BCUT2D eigenvalue weighted by atomic mass is 16.5. The van der Waals surface area contributed by atoms with E-state index in [0.717, 1.165) is 11.3 Å². The van der Waals surface area contributed by atoms with Crippen LogP contribution < -0.4 is 21.1 Å². The second-order valence-corrected chi connectivity index (χ2v) is 5.58. The van der Waals surface area contributed by atoms with E-state index in [-0.39, 0.29) is 11.8 Å². The van der Waals surface area contributed by atoms with Gasteiger partial charge >= 0.3 is 6.03 Å². The lowest BCUT2D eigenvalue weighted by Gasteiger charge is -2.19.